The molecule has 0 radical (unpaired) electrons. The van der Waals surface area contributed by atoms with Crippen molar-refractivity contribution >= 4 is 15.9 Å². The molecule has 0 aromatic heterocycles. The van der Waals surface area contributed by atoms with E-state index in [1.165, 1.54) is 6.92 Å². The average Bonchev–Trinajstić information content (AvgIpc) is 2.48. The lowest BCUT2D eigenvalue weighted by molar-refractivity contribution is 0.403. The van der Waals surface area contributed by atoms with Crippen molar-refractivity contribution in [2.24, 2.45) is 0 Å². The van der Waals surface area contributed by atoms with E-state index in [4.69, 9.17) is 4.74 Å². The van der Waals surface area contributed by atoms with Crippen molar-refractivity contribution in [3.63, 3.8) is 0 Å². The number of methoxy groups -OCH3 is 1. The fourth-order valence-corrected chi connectivity index (χ4v) is 2.63. The zero-order valence-electron chi connectivity index (χ0n) is 12.0. The van der Waals surface area contributed by atoms with Crippen LogP contribution in [0.15, 0.2) is 34.8 Å². The lowest BCUT2D eigenvalue weighted by atomic mass is 9.96. The van der Waals surface area contributed by atoms with Gasteiger partial charge >= 0.3 is 0 Å². The highest BCUT2D eigenvalue weighted by Crippen LogP contribution is 2.34. The molecule has 2 nitrogen and oxygen atoms in total. The van der Waals surface area contributed by atoms with E-state index >= 15 is 0 Å². The first-order valence-corrected chi connectivity index (χ1v) is 7.24. The number of ether oxygens (including phenoxy) is 1. The maximum Gasteiger partial charge on any atom is 0.164 e. The van der Waals surface area contributed by atoms with Crippen LogP contribution in [0.1, 0.15) is 22.7 Å². The molecule has 2 aromatic rings. The Kier molecular flexibility index (Phi) is 4.96. The Hall–Kier alpha value is -1.46. The predicted molar refractivity (Wildman–Crippen MR) is 82.7 cm³/mol. The molecule has 1 N–H and O–H groups in total. The van der Waals surface area contributed by atoms with E-state index in [1.807, 2.05) is 12.1 Å². The van der Waals surface area contributed by atoms with Gasteiger partial charge in [-0.3, -0.25) is 0 Å². The molecule has 0 aliphatic heterocycles. The standard InChI is InChI=1S/C16H16BrF2NO/c1-9-4-6-12(15(19)14(9)18)16(20-2)11-7-5-10(17)8-13(11)21-3/h4-8,16,20H,1-3H3. The Bertz CT molecular complexity index is 661. The normalized spacial score (nSPS) is 12.3. The van der Waals surface area contributed by atoms with Gasteiger partial charge in [0.05, 0.1) is 13.2 Å². The van der Waals surface area contributed by atoms with E-state index in [-0.39, 0.29) is 11.1 Å². The molecule has 0 aliphatic rings. The molecule has 5 heteroatoms. The predicted octanol–water partition coefficient (Wildman–Crippen LogP) is 4.35. The molecule has 0 bridgehead atoms. The Labute approximate surface area is 131 Å². The highest BCUT2D eigenvalue weighted by Gasteiger charge is 2.22. The van der Waals surface area contributed by atoms with Crippen LogP contribution in [-0.2, 0) is 0 Å². The van der Waals surface area contributed by atoms with Gasteiger partial charge in [0.15, 0.2) is 11.6 Å². The molecular weight excluding hydrogens is 340 g/mol. The minimum atomic E-state index is -0.834. The van der Waals surface area contributed by atoms with Crippen LogP contribution in [0.2, 0.25) is 0 Å². The molecular formula is C16H16BrF2NO. The molecule has 0 saturated heterocycles. The van der Waals surface area contributed by atoms with Crippen LogP contribution in [0, 0.1) is 18.6 Å². The molecule has 2 rings (SSSR count). The summed E-state index contributed by atoms with van der Waals surface area (Å²) in [5.41, 5.74) is 1.28. The van der Waals surface area contributed by atoms with Crippen molar-refractivity contribution in [3.8, 4) is 5.75 Å². The summed E-state index contributed by atoms with van der Waals surface area (Å²) in [7, 11) is 3.24. The number of hydrogen-bond acceptors (Lipinski definition) is 2. The van der Waals surface area contributed by atoms with Crippen molar-refractivity contribution in [1.82, 2.24) is 5.32 Å². The molecule has 0 amide bonds. The van der Waals surface area contributed by atoms with Crippen molar-refractivity contribution in [2.45, 2.75) is 13.0 Å². The van der Waals surface area contributed by atoms with Crippen LogP contribution in [0.5, 0.6) is 5.75 Å². The third-order valence-electron chi connectivity index (χ3n) is 3.41. The maximum absolute atomic E-state index is 14.2. The highest BCUT2D eigenvalue weighted by atomic mass is 79.9. The lowest BCUT2D eigenvalue weighted by Gasteiger charge is -2.21. The van der Waals surface area contributed by atoms with Crippen LogP contribution in [-0.4, -0.2) is 14.2 Å². The first kappa shape index (κ1) is 15.9. The molecule has 1 unspecified atom stereocenters. The van der Waals surface area contributed by atoms with E-state index in [0.29, 0.717) is 5.75 Å². The van der Waals surface area contributed by atoms with Crippen LogP contribution in [0.4, 0.5) is 8.78 Å². The lowest BCUT2D eigenvalue weighted by Crippen LogP contribution is -2.20. The SMILES string of the molecule is CNC(c1ccc(Br)cc1OC)c1ccc(C)c(F)c1F. The molecule has 0 saturated carbocycles. The molecule has 0 aliphatic carbocycles. The van der Waals surface area contributed by atoms with Gasteiger partial charge in [0.2, 0.25) is 0 Å². The van der Waals surface area contributed by atoms with E-state index < -0.39 is 17.7 Å². The van der Waals surface area contributed by atoms with Crippen molar-refractivity contribution in [3.05, 3.63) is 63.1 Å². The molecule has 2 aromatic carbocycles. The highest BCUT2D eigenvalue weighted by molar-refractivity contribution is 9.10. The summed E-state index contributed by atoms with van der Waals surface area (Å²) in [4.78, 5) is 0. The Morgan fingerprint density at radius 3 is 2.38 bits per heavy atom. The second-order valence-electron chi connectivity index (χ2n) is 4.71. The molecule has 0 spiro atoms. The quantitative estimate of drug-likeness (QED) is 0.879. The van der Waals surface area contributed by atoms with Gasteiger partial charge in [-0.25, -0.2) is 8.78 Å². The van der Waals surface area contributed by atoms with Crippen LogP contribution in [0.3, 0.4) is 0 Å². The van der Waals surface area contributed by atoms with Crippen LogP contribution >= 0.6 is 15.9 Å². The van der Waals surface area contributed by atoms with Crippen molar-refractivity contribution < 1.29 is 13.5 Å². The second kappa shape index (κ2) is 6.54. The zero-order valence-corrected chi connectivity index (χ0v) is 13.6. The largest absolute Gasteiger partial charge is 0.496 e. The Morgan fingerprint density at radius 2 is 1.76 bits per heavy atom. The van der Waals surface area contributed by atoms with Gasteiger partial charge < -0.3 is 10.1 Å². The number of rotatable bonds is 4. The van der Waals surface area contributed by atoms with Gasteiger partial charge in [0.1, 0.15) is 5.75 Å². The summed E-state index contributed by atoms with van der Waals surface area (Å²) in [6.07, 6.45) is 0. The molecule has 1 atom stereocenters. The van der Waals surface area contributed by atoms with Gasteiger partial charge in [-0.05, 0) is 31.7 Å². The van der Waals surface area contributed by atoms with Crippen LogP contribution < -0.4 is 10.1 Å². The maximum atomic E-state index is 14.2. The average molecular weight is 356 g/mol. The van der Waals surface area contributed by atoms with Gasteiger partial charge in [0.25, 0.3) is 0 Å². The molecule has 0 fully saturated rings. The van der Waals surface area contributed by atoms with Gasteiger partial charge in [-0.2, -0.15) is 0 Å². The van der Waals surface area contributed by atoms with E-state index in [9.17, 15) is 8.78 Å². The molecule has 112 valence electrons. The molecule has 21 heavy (non-hydrogen) atoms. The smallest absolute Gasteiger partial charge is 0.164 e. The monoisotopic (exact) mass is 355 g/mol. The summed E-state index contributed by atoms with van der Waals surface area (Å²) >= 11 is 3.37. The topological polar surface area (TPSA) is 21.3 Å². The summed E-state index contributed by atoms with van der Waals surface area (Å²) in [5.74, 6) is -1.05. The number of benzene rings is 2. The third kappa shape index (κ3) is 3.09. The number of aryl methyl sites for hydroxylation is 1. The van der Waals surface area contributed by atoms with E-state index in [0.717, 1.165) is 10.0 Å². The number of nitrogens with one attached hydrogen (secondary N) is 1. The Morgan fingerprint density at radius 1 is 1.10 bits per heavy atom. The van der Waals surface area contributed by atoms with Gasteiger partial charge in [0, 0.05) is 15.6 Å². The number of halogens is 3. The summed E-state index contributed by atoms with van der Waals surface area (Å²) in [5, 5.41) is 3.01. The first-order chi connectivity index (χ1) is 9.99. The number of hydrogen-bond donors (Lipinski definition) is 1. The molecule has 0 heterocycles. The van der Waals surface area contributed by atoms with Crippen molar-refractivity contribution in [1.29, 1.82) is 0 Å². The first-order valence-electron chi connectivity index (χ1n) is 6.44. The summed E-state index contributed by atoms with van der Waals surface area (Å²) in [6.45, 7) is 1.54. The third-order valence-corrected chi connectivity index (χ3v) is 3.90. The Balaban J connectivity index is 2.57. The van der Waals surface area contributed by atoms with Crippen LogP contribution in [0.25, 0.3) is 0 Å². The second-order valence-corrected chi connectivity index (χ2v) is 5.62. The summed E-state index contributed by atoms with van der Waals surface area (Å²) < 4.78 is 34.2. The van der Waals surface area contributed by atoms with Crippen molar-refractivity contribution in [2.75, 3.05) is 14.2 Å². The fraction of sp³-hybridized carbons (Fsp3) is 0.250. The minimum Gasteiger partial charge on any atom is -0.496 e. The van der Waals surface area contributed by atoms with Gasteiger partial charge in [-0.1, -0.05) is 34.1 Å². The zero-order chi connectivity index (χ0) is 15.6. The van der Waals surface area contributed by atoms with E-state index in [1.54, 1.807) is 32.4 Å². The van der Waals surface area contributed by atoms with E-state index in [2.05, 4.69) is 21.2 Å². The van der Waals surface area contributed by atoms with Gasteiger partial charge in [-0.15, -0.1) is 0 Å². The minimum absolute atomic E-state index is 0.251. The summed E-state index contributed by atoms with van der Waals surface area (Å²) in [6, 6.07) is 8.12. The fourth-order valence-electron chi connectivity index (χ4n) is 2.29.